The topological polar surface area (TPSA) is 32.5 Å². The minimum absolute atomic E-state index is 0.837. The first-order valence-corrected chi connectivity index (χ1v) is 7.37. The van der Waals surface area contributed by atoms with Crippen LogP contribution >= 0.6 is 0 Å². The first-order valence-electron chi connectivity index (χ1n) is 7.37. The first kappa shape index (κ1) is 14.9. The van der Waals surface area contributed by atoms with Crippen LogP contribution in [0.15, 0.2) is 0 Å². The second-order valence-corrected chi connectivity index (χ2v) is 5.72. The summed E-state index contributed by atoms with van der Waals surface area (Å²) in [6, 6.07) is 0. The Morgan fingerprint density at radius 2 is 1.47 bits per heavy atom. The molecular weight excluding hydrogens is 210 g/mol. The Labute approximate surface area is 107 Å². The van der Waals surface area contributed by atoms with Gasteiger partial charge >= 0.3 is 0 Å². The number of unbranched alkanes of at least 4 members (excludes halogenated alkanes) is 2. The smallest absolute Gasteiger partial charge is 0.0110 e. The van der Waals surface area contributed by atoms with Crippen molar-refractivity contribution in [2.75, 3.05) is 45.8 Å². The molecule has 0 aromatic carbocycles. The minimum Gasteiger partial charge on any atom is -0.330 e. The fourth-order valence-electron chi connectivity index (χ4n) is 2.33. The van der Waals surface area contributed by atoms with Gasteiger partial charge < -0.3 is 15.5 Å². The lowest BCUT2D eigenvalue weighted by Crippen LogP contribution is -2.46. The van der Waals surface area contributed by atoms with Crippen molar-refractivity contribution in [2.45, 2.75) is 39.5 Å². The van der Waals surface area contributed by atoms with E-state index in [4.69, 9.17) is 5.73 Å². The van der Waals surface area contributed by atoms with Gasteiger partial charge in [-0.25, -0.2) is 0 Å². The molecule has 0 aromatic rings. The molecule has 0 radical (unpaired) electrons. The molecule has 102 valence electrons. The predicted molar refractivity (Wildman–Crippen MR) is 75.2 cm³/mol. The molecule has 1 saturated heterocycles. The van der Waals surface area contributed by atoms with Gasteiger partial charge in [-0.15, -0.1) is 0 Å². The number of piperazine rings is 1. The molecule has 0 atom stereocenters. The molecule has 0 unspecified atom stereocenters. The van der Waals surface area contributed by atoms with Crippen molar-refractivity contribution in [3.63, 3.8) is 0 Å². The van der Waals surface area contributed by atoms with Crippen molar-refractivity contribution in [3.8, 4) is 0 Å². The van der Waals surface area contributed by atoms with Crippen molar-refractivity contribution < 1.29 is 0 Å². The Hall–Kier alpha value is -0.120. The van der Waals surface area contributed by atoms with Gasteiger partial charge in [0.1, 0.15) is 0 Å². The summed E-state index contributed by atoms with van der Waals surface area (Å²) in [7, 11) is 0. The summed E-state index contributed by atoms with van der Waals surface area (Å²) in [6.45, 7) is 13.1. The standard InChI is InChI=1S/C14H31N3/c1-14(2)6-9-17-12-10-16(11-13-17)8-5-3-4-7-15/h14H,3-13,15H2,1-2H3. The maximum atomic E-state index is 5.50. The van der Waals surface area contributed by atoms with Crippen LogP contribution in [-0.2, 0) is 0 Å². The summed E-state index contributed by atoms with van der Waals surface area (Å²) >= 11 is 0. The van der Waals surface area contributed by atoms with E-state index in [2.05, 4.69) is 23.6 Å². The molecular formula is C14H31N3. The molecule has 0 spiro atoms. The maximum Gasteiger partial charge on any atom is 0.0110 e. The highest BCUT2D eigenvalue weighted by atomic mass is 15.3. The van der Waals surface area contributed by atoms with Gasteiger partial charge in [0, 0.05) is 26.2 Å². The van der Waals surface area contributed by atoms with Crippen LogP contribution in [0.3, 0.4) is 0 Å². The highest BCUT2D eigenvalue weighted by Crippen LogP contribution is 2.07. The maximum absolute atomic E-state index is 5.50. The van der Waals surface area contributed by atoms with Crippen LogP contribution in [0.25, 0.3) is 0 Å². The van der Waals surface area contributed by atoms with E-state index < -0.39 is 0 Å². The van der Waals surface area contributed by atoms with Gasteiger partial charge in [0.05, 0.1) is 0 Å². The highest BCUT2D eigenvalue weighted by Gasteiger charge is 2.15. The lowest BCUT2D eigenvalue weighted by atomic mass is 10.1. The zero-order valence-electron chi connectivity index (χ0n) is 11.8. The average Bonchev–Trinajstić information content (AvgIpc) is 2.33. The molecule has 1 fully saturated rings. The summed E-state index contributed by atoms with van der Waals surface area (Å²) in [6.07, 6.45) is 5.15. The zero-order chi connectivity index (χ0) is 12.5. The molecule has 1 heterocycles. The van der Waals surface area contributed by atoms with E-state index >= 15 is 0 Å². The molecule has 0 aliphatic carbocycles. The molecule has 3 heteroatoms. The molecule has 0 aromatic heterocycles. The highest BCUT2D eigenvalue weighted by molar-refractivity contribution is 4.72. The fraction of sp³-hybridized carbons (Fsp3) is 1.00. The van der Waals surface area contributed by atoms with E-state index in [1.54, 1.807) is 0 Å². The number of hydrogen-bond acceptors (Lipinski definition) is 3. The summed E-state index contributed by atoms with van der Waals surface area (Å²) < 4.78 is 0. The van der Waals surface area contributed by atoms with Crippen LogP contribution in [0.5, 0.6) is 0 Å². The Morgan fingerprint density at radius 1 is 0.882 bits per heavy atom. The lowest BCUT2D eigenvalue weighted by molar-refractivity contribution is 0.126. The molecule has 1 aliphatic rings. The Morgan fingerprint density at radius 3 is 2.00 bits per heavy atom. The van der Waals surface area contributed by atoms with Gasteiger partial charge in [0.25, 0.3) is 0 Å². The molecule has 1 aliphatic heterocycles. The van der Waals surface area contributed by atoms with Crippen molar-refractivity contribution in [1.82, 2.24) is 9.80 Å². The van der Waals surface area contributed by atoms with Crippen molar-refractivity contribution in [2.24, 2.45) is 11.7 Å². The van der Waals surface area contributed by atoms with E-state index in [1.165, 1.54) is 65.0 Å². The van der Waals surface area contributed by atoms with Crippen LogP contribution in [0.2, 0.25) is 0 Å². The predicted octanol–water partition coefficient (Wildman–Crippen LogP) is 1.78. The Bertz CT molecular complexity index is 174. The Kier molecular flexibility index (Phi) is 7.82. The van der Waals surface area contributed by atoms with E-state index in [1.807, 2.05) is 0 Å². The quantitative estimate of drug-likeness (QED) is 0.658. The van der Waals surface area contributed by atoms with Crippen LogP contribution < -0.4 is 5.73 Å². The first-order chi connectivity index (χ1) is 8.22. The third kappa shape index (κ3) is 7.02. The van der Waals surface area contributed by atoms with Gasteiger partial charge in [-0.1, -0.05) is 20.3 Å². The SMILES string of the molecule is CC(C)CCN1CCN(CCCCCN)CC1. The summed E-state index contributed by atoms with van der Waals surface area (Å²) in [5, 5.41) is 0. The molecule has 0 amide bonds. The second-order valence-electron chi connectivity index (χ2n) is 5.72. The fourth-order valence-corrected chi connectivity index (χ4v) is 2.33. The summed E-state index contributed by atoms with van der Waals surface area (Å²) in [5.74, 6) is 0.837. The van der Waals surface area contributed by atoms with Crippen LogP contribution in [0, 0.1) is 5.92 Å². The molecule has 2 N–H and O–H groups in total. The molecule has 17 heavy (non-hydrogen) atoms. The summed E-state index contributed by atoms with van der Waals surface area (Å²) in [4.78, 5) is 5.23. The van der Waals surface area contributed by atoms with E-state index in [9.17, 15) is 0 Å². The van der Waals surface area contributed by atoms with Gasteiger partial charge in [0.2, 0.25) is 0 Å². The molecule has 0 bridgehead atoms. The van der Waals surface area contributed by atoms with E-state index in [0.717, 1.165) is 12.5 Å². The zero-order valence-corrected chi connectivity index (χ0v) is 11.8. The molecule has 0 saturated carbocycles. The van der Waals surface area contributed by atoms with Gasteiger partial charge in [-0.3, -0.25) is 0 Å². The number of nitrogens with zero attached hydrogens (tertiary/aromatic N) is 2. The minimum atomic E-state index is 0.837. The summed E-state index contributed by atoms with van der Waals surface area (Å²) in [5.41, 5.74) is 5.50. The van der Waals surface area contributed by atoms with Gasteiger partial charge in [0.15, 0.2) is 0 Å². The van der Waals surface area contributed by atoms with Crippen LogP contribution in [-0.4, -0.2) is 55.6 Å². The van der Waals surface area contributed by atoms with Crippen LogP contribution in [0.4, 0.5) is 0 Å². The van der Waals surface area contributed by atoms with Gasteiger partial charge in [-0.05, 0) is 44.8 Å². The number of nitrogens with two attached hydrogens (primary N) is 1. The van der Waals surface area contributed by atoms with Crippen molar-refractivity contribution in [1.29, 1.82) is 0 Å². The lowest BCUT2D eigenvalue weighted by Gasteiger charge is -2.35. The monoisotopic (exact) mass is 241 g/mol. The van der Waals surface area contributed by atoms with Crippen molar-refractivity contribution in [3.05, 3.63) is 0 Å². The van der Waals surface area contributed by atoms with E-state index in [0.29, 0.717) is 0 Å². The third-order valence-corrected chi connectivity index (χ3v) is 3.67. The van der Waals surface area contributed by atoms with Crippen molar-refractivity contribution >= 4 is 0 Å². The Balaban J connectivity index is 2.01. The second kappa shape index (κ2) is 8.90. The molecule has 3 nitrogen and oxygen atoms in total. The van der Waals surface area contributed by atoms with E-state index in [-0.39, 0.29) is 0 Å². The largest absolute Gasteiger partial charge is 0.330 e. The van der Waals surface area contributed by atoms with Gasteiger partial charge in [-0.2, -0.15) is 0 Å². The van der Waals surface area contributed by atoms with Crippen LogP contribution in [0.1, 0.15) is 39.5 Å². The normalized spacial score (nSPS) is 19.1. The molecule has 1 rings (SSSR count). The number of rotatable bonds is 8. The third-order valence-electron chi connectivity index (χ3n) is 3.67. The average molecular weight is 241 g/mol. The number of hydrogen-bond donors (Lipinski definition) is 1.